The average molecular weight is 261 g/mol. The minimum absolute atomic E-state index is 0.0688. The highest BCUT2D eigenvalue weighted by Crippen LogP contribution is 2.13. The first-order valence-electron chi connectivity index (χ1n) is 6.69. The van der Waals surface area contributed by atoms with Crippen molar-refractivity contribution in [1.82, 2.24) is 10.3 Å². The Morgan fingerprint density at radius 1 is 1.58 bits per heavy atom. The molecule has 0 saturated carbocycles. The predicted octanol–water partition coefficient (Wildman–Crippen LogP) is 1.84. The van der Waals surface area contributed by atoms with Gasteiger partial charge in [0, 0.05) is 18.8 Å². The summed E-state index contributed by atoms with van der Waals surface area (Å²) in [5, 5.41) is 12.0. The SMILES string of the molecule is CCCCC1NCC(COc2ccc(C#N)cn2)O1. The summed E-state index contributed by atoms with van der Waals surface area (Å²) in [5.41, 5.74) is 0.533. The zero-order chi connectivity index (χ0) is 13.5. The minimum atomic E-state index is 0.0688. The number of pyridine rings is 1. The molecule has 0 bridgehead atoms. The lowest BCUT2D eigenvalue weighted by Gasteiger charge is -2.12. The van der Waals surface area contributed by atoms with Crippen molar-refractivity contribution in [1.29, 1.82) is 5.26 Å². The summed E-state index contributed by atoms with van der Waals surface area (Å²) in [7, 11) is 0. The molecule has 5 heteroatoms. The van der Waals surface area contributed by atoms with E-state index in [1.165, 1.54) is 19.0 Å². The molecule has 102 valence electrons. The minimum Gasteiger partial charge on any atom is -0.475 e. The van der Waals surface area contributed by atoms with Crippen LogP contribution in [-0.2, 0) is 4.74 Å². The number of hydrogen-bond acceptors (Lipinski definition) is 5. The van der Waals surface area contributed by atoms with Gasteiger partial charge in [-0.15, -0.1) is 0 Å². The molecular weight excluding hydrogens is 242 g/mol. The highest BCUT2D eigenvalue weighted by molar-refractivity contribution is 5.28. The largest absolute Gasteiger partial charge is 0.475 e. The molecule has 1 aromatic heterocycles. The third-order valence-electron chi connectivity index (χ3n) is 3.03. The summed E-state index contributed by atoms with van der Waals surface area (Å²) in [6, 6.07) is 5.42. The van der Waals surface area contributed by atoms with E-state index in [2.05, 4.69) is 17.2 Å². The van der Waals surface area contributed by atoms with Crippen molar-refractivity contribution < 1.29 is 9.47 Å². The summed E-state index contributed by atoms with van der Waals surface area (Å²) in [6.07, 6.45) is 5.12. The highest BCUT2D eigenvalue weighted by atomic mass is 16.6. The molecule has 0 aliphatic carbocycles. The zero-order valence-corrected chi connectivity index (χ0v) is 11.1. The first-order chi connectivity index (χ1) is 9.31. The van der Waals surface area contributed by atoms with Gasteiger partial charge in [0.2, 0.25) is 5.88 Å². The lowest BCUT2D eigenvalue weighted by Crippen LogP contribution is -2.22. The molecule has 2 heterocycles. The molecular formula is C14H19N3O2. The van der Waals surface area contributed by atoms with E-state index in [4.69, 9.17) is 14.7 Å². The van der Waals surface area contributed by atoms with Crippen LogP contribution in [0.4, 0.5) is 0 Å². The standard InChI is InChI=1S/C14H19N3O2/c1-2-3-4-14-17-9-12(19-14)10-18-13-6-5-11(7-15)8-16-13/h5-6,8,12,14,17H,2-4,9-10H2,1H3. The van der Waals surface area contributed by atoms with E-state index in [0.29, 0.717) is 18.1 Å². The lowest BCUT2D eigenvalue weighted by atomic mass is 10.2. The van der Waals surface area contributed by atoms with E-state index < -0.39 is 0 Å². The fraction of sp³-hybridized carbons (Fsp3) is 0.571. The van der Waals surface area contributed by atoms with Crippen LogP contribution in [0.3, 0.4) is 0 Å². The summed E-state index contributed by atoms with van der Waals surface area (Å²) < 4.78 is 11.4. The number of nitrogens with one attached hydrogen (secondary N) is 1. The quantitative estimate of drug-likeness (QED) is 0.846. The maximum atomic E-state index is 8.67. The second-order valence-corrected chi connectivity index (χ2v) is 4.61. The Morgan fingerprint density at radius 3 is 3.16 bits per heavy atom. The number of hydrogen-bond donors (Lipinski definition) is 1. The van der Waals surface area contributed by atoms with Crippen molar-refractivity contribution in [2.75, 3.05) is 13.2 Å². The number of nitriles is 1. The molecule has 2 rings (SSSR count). The maximum Gasteiger partial charge on any atom is 0.213 e. The smallest absolute Gasteiger partial charge is 0.213 e. The van der Waals surface area contributed by atoms with Crippen molar-refractivity contribution in [2.24, 2.45) is 0 Å². The van der Waals surface area contributed by atoms with E-state index in [-0.39, 0.29) is 12.3 Å². The molecule has 1 fully saturated rings. The summed E-state index contributed by atoms with van der Waals surface area (Å²) in [6.45, 7) is 3.46. The van der Waals surface area contributed by atoms with Gasteiger partial charge in [-0.05, 0) is 18.9 Å². The van der Waals surface area contributed by atoms with Gasteiger partial charge >= 0.3 is 0 Å². The summed E-state index contributed by atoms with van der Waals surface area (Å²) in [4.78, 5) is 4.06. The van der Waals surface area contributed by atoms with Gasteiger partial charge in [-0.2, -0.15) is 5.26 Å². The number of ether oxygens (including phenoxy) is 2. The van der Waals surface area contributed by atoms with Gasteiger partial charge in [0.1, 0.15) is 25.0 Å². The van der Waals surface area contributed by atoms with Gasteiger partial charge in [0.15, 0.2) is 0 Å². The molecule has 0 spiro atoms. The molecule has 5 nitrogen and oxygen atoms in total. The number of nitrogens with zero attached hydrogens (tertiary/aromatic N) is 2. The Bertz CT molecular complexity index is 427. The monoisotopic (exact) mass is 261 g/mol. The van der Waals surface area contributed by atoms with E-state index >= 15 is 0 Å². The highest BCUT2D eigenvalue weighted by Gasteiger charge is 2.24. The normalized spacial score (nSPS) is 22.1. The molecule has 1 N–H and O–H groups in total. The van der Waals surface area contributed by atoms with Crippen LogP contribution in [0.25, 0.3) is 0 Å². The second kappa shape index (κ2) is 7.07. The number of unbranched alkanes of at least 4 members (excludes halogenated alkanes) is 1. The maximum absolute atomic E-state index is 8.67. The first-order valence-corrected chi connectivity index (χ1v) is 6.69. The molecule has 1 aliphatic rings. The second-order valence-electron chi connectivity index (χ2n) is 4.61. The van der Waals surface area contributed by atoms with E-state index in [0.717, 1.165) is 13.0 Å². The first kappa shape index (κ1) is 13.8. The molecule has 0 amide bonds. The van der Waals surface area contributed by atoms with Gasteiger partial charge in [-0.3, -0.25) is 5.32 Å². The predicted molar refractivity (Wildman–Crippen MR) is 70.6 cm³/mol. The van der Waals surface area contributed by atoms with Crippen LogP contribution in [0.1, 0.15) is 31.7 Å². The molecule has 1 aromatic rings. The molecule has 1 aliphatic heterocycles. The van der Waals surface area contributed by atoms with E-state index in [9.17, 15) is 0 Å². The van der Waals surface area contributed by atoms with Crippen LogP contribution in [-0.4, -0.2) is 30.5 Å². The van der Waals surface area contributed by atoms with E-state index in [1.54, 1.807) is 12.1 Å². The fourth-order valence-corrected chi connectivity index (χ4v) is 1.96. The van der Waals surface area contributed by atoms with Crippen LogP contribution in [0, 0.1) is 11.3 Å². The number of rotatable bonds is 6. The fourth-order valence-electron chi connectivity index (χ4n) is 1.96. The van der Waals surface area contributed by atoms with Gasteiger partial charge in [0.25, 0.3) is 0 Å². The van der Waals surface area contributed by atoms with Crippen molar-refractivity contribution in [3.05, 3.63) is 23.9 Å². The molecule has 0 radical (unpaired) electrons. The van der Waals surface area contributed by atoms with E-state index in [1.807, 2.05) is 6.07 Å². The van der Waals surface area contributed by atoms with Gasteiger partial charge in [-0.25, -0.2) is 4.98 Å². The third kappa shape index (κ3) is 4.19. The van der Waals surface area contributed by atoms with Gasteiger partial charge in [0.05, 0.1) is 5.56 Å². The van der Waals surface area contributed by atoms with Gasteiger partial charge < -0.3 is 9.47 Å². The average Bonchev–Trinajstić information content (AvgIpc) is 2.91. The molecule has 0 aromatic carbocycles. The summed E-state index contributed by atoms with van der Waals surface area (Å²) >= 11 is 0. The summed E-state index contributed by atoms with van der Waals surface area (Å²) in [5.74, 6) is 0.527. The molecule has 1 saturated heterocycles. The Kier molecular flexibility index (Phi) is 5.13. The Morgan fingerprint density at radius 2 is 2.47 bits per heavy atom. The van der Waals surface area contributed by atoms with Crippen LogP contribution >= 0.6 is 0 Å². The molecule has 2 atom stereocenters. The Hall–Kier alpha value is -1.64. The Labute approximate surface area is 113 Å². The van der Waals surface area contributed by atoms with Crippen LogP contribution in [0.5, 0.6) is 5.88 Å². The van der Waals surface area contributed by atoms with Crippen molar-refractivity contribution in [3.8, 4) is 11.9 Å². The van der Waals surface area contributed by atoms with Crippen LogP contribution in [0.2, 0.25) is 0 Å². The molecule has 2 unspecified atom stereocenters. The lowest BCUT2D eigenvalue weighted by molar-refractivity contribution is 0.0112. The third-order valence-corrected chi connectivity index (χ3v) is 3.03. The zero-order valence-electron chi connectivity index (χ0n) is 11.1. The van der Waals surface area contributed by atoms with Crippen LogP contribution in [0.15, 0.2) is 18.3 Å². The topological polar surface area (TPSA) is 67.2 Å². The van der Waals surface area contributed by atoms with Crippen molar-refractivity contribution in [2.45, 2.75) is 38.5 Å². The van der Waals surface area contributed by atoms with Crippen molar-refractivity contribution >= 4 is 0 Å². The van der Waals surface area contributed by atoms with Crippen LogP contribution < -0.4 is 10.1 Å². The molecule has 19 heavy (non-hydrogen) atoms. The van der Waals surface area contributed by atoms with Gasteiger partial charge in [-0.1, -0.05) is 13.3 Å². The Balaban J connectivity index is 1.72. The number of aromatic nitrogens is 1. The van der Waals surface area contributed by atoms with Crippen molar-refractivity contribution in [3.63, 3.8) is 0 Å².